The molecule has 1 aromatic heterocycles. The van der Waals surface area contributed by atoms with Crippen LogP contribution in [-0.4, -0.2) is 51.7 Å². The lowest BCUT2D eigenvalue weighted by Crippen LogP contribution is -2.53. The number of nitrogens with zero attached hydrogens (tertiary/aromatic N) is 4. The van der Waals surface area contributed by atoms with Crippen LogP contribution in [0.2, 0.25) is 0 Å². The number of hydrogen-bond acceptors (Lipinski definition) is 3. The summed E-state index contributed by atoms with van der Waals surface area (Å²) in [6, 6.07) is 0. The summed E-state index contributed by atoms with van der Waals surface area (Å²) in [6.45, 7) is 16.4. The quantitative estimate of drug-likeness (QED) is 0.779. The first-order valence-electron chi connectivity index (χ1n) is 10.1. The number of fused-ring (bicyclic) bond motifs is 2. The van der Waals surface area contributed by atoms with Crippen LogP contribution in [0.25, 0.3) is 0 Å². The monoisotopic (exact) mass is 356 g/mol. The van der Waals surface area contributed by atoms with Crippen LogP contribution in [0.15, 0.2) is 24.5 Å². The van der Waals surface area contributed by atoms with Crippen LogP contribution in [0.5, 0.6) is 0 Å². The molecule has 1 aliphatic heterocycles. The Balaban J connectivity index is 1.37. The highest BCUT2D eigenvalue weighted by Crippen LogP contribution is 2.65. The van der Waals surface area contributed by atoms with E-state index in [-0.39, 0.29) is 10.8 Å². The number of piperazine rings is 1. The molecule has 1 saturated heterocycles. The van der Waals surface area contributed by atoms with Crippen molar-refractivity contribution in [2.45, 2.75) is 53.1 Å². The summed E-state index contributed by atoms with van der Waals surface area (Å²) in [4.78, 5) is 18.0. The van der Waals surface area contributed by atoms with Gasteiger partial charge in [-0.15, -0.1) is 0 Å². The summed E-state index contributed by atoms with van der Waals surface area (Å²) in [6.07, 6.45) is 7.30. The molecule has 2 saturated carbocycles. The second kappa shape index (κ2) is 6.22. The lowest BCUT2D eigenvalue weighted by atomic mass is 9.68. The van der Waals surface area contributed by atoms with Crippen LogP contribution in [0.1, 0.15) is 45.6 Å². The van der Waals surface area contributed by atoms with Crippen molar-refractivity contribution in [1.29, 1.82) is 0 Å². The van der Waals surface area contributed by atoms with Gasteiger partial charge in [0.25, 0.3) is 0 Å². The zero-order chi connectivity index (χ0) is 18.5. The average molecular weight is 357 g/mol. The largest absolute Gasteiger partial charge is 0.339 e. The first-order chi connectivity index (χ1) is 12.4. The number of carbonyl (C=O) groups excluding carboxylic acids is 1. The predicted molar refractivity (Wildman–Crippen MR) is 102 cm³/mol. The topological polar surface area (TPSA) is 41.4 Å². The van der Waals surface area contributed by atoms with Gasteiger partial charge in [0, 0.05) is 51.0 Å². The van der Waals surface area contributed by atoms with Crippen molar-refractivity contribution in [1.82, 2.24) is 19.6 Å². The molecular formula is C21H32N4O. The summed E-state index contributed by atoms with van der Waals surface area (Å²) in [5.41, 5.74) is 2.31. The lowest BCUT2D eigenvalue weighted by molar-refractivity contribution is -0.141. The Bertz CT molecular complexity index is 713. The van der Waals surface area contributed by atoms with Crippen LogP contribution < -0.4 is 0 Å². The van der Waals surface area contributed by atoms with Crippen molar-refractivity contribution in [3.05, 3.63) is 30.1 Å². The Labute approximate surface area is 157 Å². The second-order valence-electron chi connectivity index (χ2n) is 8.99. The number of aromatic nitrogens is 2. The Morgan fingerprint density at radius 3 is 2.62 bits per heavy atom. The maximum absolute atomic E-state index is 13.4. The molecule has 0 aromatic carbocycles. The molecule has 142 valence electrons. The highest BCUT2D eigenvalue weighted by Gasteiger charge is 2.61. The highest BCUT2D eigenvalue weighted by atomic mass is 16.2. The molecule has 2 atom stereocenters. The molecule has 1 aromatic rings. The van der Waals surface area contributed by atoms with Gasteiger partial charge >= 0.3 is 0 Å². The van der Waals surface area contributed by atoms with E-state index < -0.39 is 0 Å². The van der Waals surface area contributed by atoms with Crippen LogP contribution >= 0.6 is 0 Å². The van der Waals surface area contributed by atoms with Crippen LogP contribution in [0.4, 0.5) is 0 Å². The molecular weight excluding hydrogens is 324 g/mol. The molecule has 0 unspecified atom stereocenters. The van der Waals surface area contributed by atoms with Crippen molar-refractivity contribution in [2.75, 3.05) is 26.2 Å². The van der Waals surface area contributed by atoms with E-state index in [1.54, 1.807) is 0 Å². The minimum atomic E-state index is -0.265. The van der Waals surface area contributed by atoms with Crippen LogP contribution in [0.3, 0.4) is 0 Å². The van der Waals surface area contributed by atoms with Crippen molar-refractivity contribution in [3.8, 4) is 0 Å². The minimum Gasteiger partial charge on any atom is -0.339 e. The molecule has 0 radical (unpaired) electrons. The Kier molecular flexibility index (Phi) is 4.25. The van der Waals surface area contributed by atoms with Gasteiger partial charge in [0.15, 0.2) is 0 Å². The molecule has 0 N–H and O–H groups in total. The molecule has 5 nitrogen and oxygen atoms in total. The molecule has 1 amide bonds. The fraction of sp³-hybridized carbons (Fsp3) is 0.714. The number of amides is 1. The van der Waals surface area contributed by atoms with Crippen molar-refractivity contribution in [3.63, 3.8) is 0 Å². The number of carbonyl (C=O) groups is 1. The summed E-state index contributed by atoms with van der Waals surface area (Å²) in [5, 5.41) is 4.36. The van der Waals surface area contributed by atoms with Gasteiger partial charge in [-0.25, -0.2) is 0 Å². The van der Waals surface area contributed by atoms with Gasteiger partial charge in [-0.05, 0) is 37.5 Å². The van der Waals surface area contributed by atoms with E-state index in [0.29, 0.717) is 11.8 Å². The molecule has 2 bridgehead atoms. The third-order valence-corrected chi connectivity index (χ3v) is 7.38. The molecule has 2 heterocycles. The molecule has 3 fully saturated rings. The molecule has 0 spiro atoms. The summed E-state index contributed by atoms with van der Waals surface area (Å²) < 4.78 is 1.97. The van der Waals surface area contributed by atoms with Crippen molar-refractivity contribution < 1.29 is 4.79 Å². The van der Waals surface area contributed by atoms with Gasteiger partial charge in [0.1, 0.15) is 0 Å². The fourth-order valence-corrected chi connectivity index (χ4v) is 5.45. The van der Waals surface area contributed by atoms with Gasteiger partial charge in [0.05, 0.1) is 11.6 Å². The van der Waals surface area contributed by atoms with E-state index in [1.807, 2.05) is 10.9 Å². The second-order valence-corrected chi connectivity index (χ2v) is 8.99. The van der Waals surface area contributed by atoms with Gasteiger partial charge in [0.2, 0.25) is 5.91 Å². The maximum Gasteiger partial charge on any atom is 0.232 e. The normalized spacial score (nSPS) is 31.0. The van der Waals surface area contributed by atoms with E-state index in [4.69, 9.17) is 0 Å². The fourth-order valence-electron chi connectivity index (χ4n) is 5.45. The molecule has 4 rings (SSSR count). The molecule has 2 aliphatic carbocycles. The van der Waals surface area contributed by atoms with Gasteiger partial charge < -0.3 is 4.90 Å². The maximum atomic E-state index is 13.4. The SMILES string of the molecule is C=C1C(C)(C)[C@H]2CC[C@]1(C(=O)N1CCN(Cc3cnn(CC)c3)CC1)C2. The van der Waals surface area contributed by atoms with Crippen LogP contribution in [-0.2, 0) is 17.9 Å². The van der Waals surface area contributed by atoms with Crippen LogP contribution in [0, 0.1) is 16.7 Å². The molecule has 26 heavy (non-hydrogen) atoms. The first-order valence-corrected chi connectivity index (χ1v) is 10.1. The van der Waals surface area contributed by atoms with Crippen molar-refractivity contribution >= 4 is 5.91 Å². The zero-order valence-electron chi connectivity index (χ0n) is 16.5. The summed E-state index contributed by atoms with van der Waals surface area (Å²) in [5.74, 6) is 0.990. The standard InChI is InChI=1S/C21H32N4O/c1-5-25-15-17(13-22-25)14-23-8-10-24(11-9-23)19(26)21-7-6-18(12-21)20(3,4)16(21)2/h13,15,18H,2,5-12,14H2,1,3-4H3/t18-,21-/m0/s1. The number of aryl methyl sites for hydroxylation is 1. The Morgan fingerprint density at radius 1 is 1.31 bits per heavy atom. The zero-order valence-corrected chi connectivity index (χ0v) is 16.5. The summed E-state index contributed by atoms with van der Waals surface area (Å²) >= 11 is 0. The van der Waals surface area contributed by atoms with E-state index in [1.165, 1.54) is 17.6 Å². The number of hydrogen-bond donors (Lipinski definition) is 0. The van der Waals surface area contributed by atoms with Gasteiger partial charge in [-0.3, -0.25) is 14.4 Å². The number of rotatable bonds is 4. The summed E-state index contributed by atoms with van der Waals surface area (Å²) in [7, 11) is 0. The highest BCUT2D eigenvalue weighted by molar-refractivity contribution is 5.87. The van der Waals surface area contributed by atoms with Gasteiger partial charge in [-0.2, -0.15) is 5.10 Å². The van der Waals surface area contributed by atoms with E-state index >= 15 is 0 Å². The van der Waals surface area contributed by atoms with Crippen molar-refractivity contribution in [2.24, 2.45) is 16.7 Å². The smallest absolute Gasteiger partial charge is 0.232 e. The third-order valence-electron chi connectivity index (χ3n) is 7.38. The molecule has 3 aliphatic rings. The Morgan fingerprint density at radius 2 is 2.04 bits per heavy atom. The van der Waals surface area contributed by atoms with Gasteiger partial charge in [-0.1, -0.05) is 26.0 Å². The minimum absolute atomic E-state index is 0.120. The molecule has 5 heteroatoms. The first kappa shape index (κ1) is 17.8. The average Bonchev–Trinajstić information content (AvgIpc) is 3.32. The Hall–Kier alpha value is -1.62. The van der Waals surface area contributed by atoms with E-state index in [2.05, 4.69) is 48.4 Å². The lowest BCUT2D eigenvalue weighted by Gasteiger charge is -2.42. The van der Waals surface area contributed by atoms with E-state index in [0.717, 1.165) is 52.1 Å². The van der Waals surface area contributed by atoms with E-state index in [9.17, 15) is 4.79 Å². The predicted octanol–water partition coefficient (Wildman–Crippen LogP) is 2.93. The third kappa shape index (κ3) is 2.63.